The van der Waals surface area contributed by atoms with E-state index in [4.69, 9.17) is 4.74 Å². The van der Waals surface area contributed by atoms with E-state index in [-0.39, 0.29) is 0 Å². The zero-order valence-electron chi connectivity index (χ0n) is 14.3. The summed E-state index contributed by atoms with van der Waals surface area (Å²) in [5.74, 6) is 2.25. The zero-order valence-corrected chi connectivity index (χ0v) is 14.3. The van der Waals surface area contributed by atoms with Gasteiger partial charge >= 0.3 is 0 Å². The molecule has 0 amide bonds. The number of rotatable bonds is 3. The minimum atomic E-state index is 0.368. The number of hydrogen-bond acceptors (Lipinski definition) is 6. The lowest BCUT2D eigenvalue weighted by molar-refractivity contribution is 0.252. The van der Waals surface area contributed by atoms with Gasteiger partial charge in [-0.3, -0.25) is 0 Å². The Labute approximate surface area is 142 Å². The van der Waals surface area contributed by atoms with Crippen LogP contribution < -0.4 is 10.6 Å². The molecule has 6 heteroatoms. The van der Waals surface area contributed by atoms with E-state index in [9.17, 15) is 5.26 Å². The lowest BCUT2D eigenvalue weighted by Crippen LogP contribution is -2.35. The van der Waals surface area contributed by atoms with Crippen molar-refractivity contribution in [3.63, 3.8) is 0 Å². The van der Waals surface area contributed by atoms with Gasteiger partial charge in [0.15, 0.2) is 0 Å². The van der Waals surface area contributed by atoms with Crippen molar-refractivity contribution in [2.75, 3.05) is 5.32 Å². The van der Waals surface area contributed by atoms with Crippen molar-refractivity contribution in [3.05, 3.63) is 35.8 Å². The van der Waals surface area contributed by atoms with Crippen LogP contribution in [0.15, 0.2) is 30.1 Å². The predicted octanol–water partition coefficient (Wildman–Crippen LogP) is 3.39. The van der Waals surface area contributed by atoms with E-state index >= 15 is 0 Å². The van der Waals surface area contributed by atoms with Crippen LogP contribution in [0, 0.1) is 23.2 Å². The fraction of sp³-hybridized carbons (Fsp3) is 0.500. The van der Waals surface area contributed by atoms with Gasteiger partial charge in [0.2, 0.25) is 11.8 Å². The first-order valence-corrected chi connectivity index (χ1v) is 8.43. The summed E-state index contributed by atoms with van der Waals surface area (Å²) < 4.78 is 5.40. The predicted molar refractivity (Wildman–Crippen MR) is 92.1 cm³/mol. The van der Waals surface area contributed by atoms with Gasteiger partial charge in [0, 0.05) is 12.2 Å². The summed E-state index contributed by atoms with van der Waals surface area (Å²) in [6.07, 6.45) is 6.88. The summed E-state index contributed by atoms with van der Waals surface area (Å²) in [7, 11) is 0. The molecule has 1 aromatic heterocycles. The van der Waals surface area contributed by atoms with Crippen molar-refractivity contribution >= 4 is 11.5 Å². The molecule has 0 spiro atoms. The molecule has 3 rings (SSSR count). The van der Waals surface area contributed by atoms with Gasteiger partial charge in [0.1, 0.15) is 17.9 Å². The largest absolute Gasteiger partial charge is 0.445 e. The molecule has 3 unspecified atom stereocenters. The first-order valence-electron chi connectivity index (χ1n) is 8.43. The zero-order chi connectivity index (χ0) is 17.1. The summed E-state index contributed by atoms with van der Waals surface area (Å²) in [5.41, 5.74) is 1.78. The maximum absolute atomic E-state index is 9.48. The molecular weight excluding hydrogens is 302 g/mol. The van der Waals surface area contributed by atoms with Crippen LogP contribution >= 0.6 is 0 Å². The van der Waals surface area contributed by atoms with E-state index in [1.54, 1.807) is 18.5 Å². The summed E-state index contributed by atoms with van der Waals surface area (Å²) in [6, 6.07) is 4.26. The maximum Gasteiger partial charge on any atom is 0.223 e. The fourth-order valence-corrected chi connectivity index (χ4v) is 3.25. The van der Waals surface area contributed by atoms with E-state index in [0.717, 1.165) is 12.1 Å². The Morgan fingerprint density at radius 3 is 2.96 bits per heavy atom. The third-order valence-corrected chi connectivity index (χ3v) is 4.94. The summed E-state index contributed by atoms with van der Waals surface area (Å²) in [6.45, 7) is 6.45. The monoisotopic (exact) mass is 325 g/mol. The van der Waals surface area contributed by atoms with Crippen molar-refractivity contribution in [2.24, 2.45) is 11.8 Å². The normalized spacial score (nSPS) is 28.2. The number of nitrogens with zero attached hydrogens (tertiary/aromatic N) is 3. The number of nitriles is 1. The van der Waals surface area contributed by atoms with Gasteiger partial charge < -0.3 is 15.4 Å². The SMILES string of the molecule is CC1=CO/C(=C(/C#N)c2ccnc(NC3CCCC(C)C3C)n2)N1. The van der Waals surface area contributed by atoms with Gasteiger partial charge in [-0.05, 0) is 31.2 Å². The first kappa shape index (κ1) is 16.3. The second-order valence-electron chi connectivity index (χ2n) is 6.64. The average molecular weight is 325 g/mol. The Bertz CT molecular complexity index is 718. The number of ether oxygens (including phenoxy) is 1. The summed E-state index contributed by atoms with van der Waals surface area (Å²) in [5, 5.41) is 16.0. The molecule has 0 saturated heterocycles. The number of hydrogen-bond donors (Lipinski definition) is 2. The van der Waals surface area contributed by atoms with E-state index in [2.05, 4.69) is 40.5 Å². The highest BCUT2D eigenvalue weighted by Crippen LogP contribution is 2.31. The van der Waals surface area contributed by atoms with E-state index in [0.29, 0.717) is 41.0 Å². The lowest BCUT2D eigenvalue weighted by Gasteiger charge is -2.34. The van der Waals surface area contributed by atoms with Crippen LogP contribution in [0.1, 0.15) is 45.7 Å². The minimum absolute atomic E-state index is 0.368. The van der Waals surface area contributed by atoms with Crippen LogP contribution in [0.2, 0.25) is 0 Å². The first-order chi connectivity index (χ1) is 11.6. The Morgan fingerprint density at radius 2 is 2.25 bits per heavy atom. The van der Waals surface area contributed by atoms with Gasteiger partial charge in [-0.2, -0.15) is 5.26 Å². The van der Waals surface area contributed by atoms with Gasteiger partial charge in [0.25, 0.3) is 0 Å². The highest BCUT2D eigenvalue weighted by atomic mass is 16.5. The Morgan fingerprint density at radius 1 is 1.42 bits per heavy atom. The molecule has 0 bridgehead atoms. The topological polar surface area (TPSA) is 82.9 Å². The van der Waals surface area contributed by atoms with Crippen LogP contribution in [0.5, 0.6) is 0 Å². The molecule has 6 nitrogen and oxygen atoms in total. The van der Waals surface area contributed by atoms with Gasteiger partial charge in [-0.15, -0.1) is 0 Å². The maximum atomic E-state index is 9.48. The molecule has 2 aliphatic rings. The molecule has 24 heavy (non-hydrogen) atoms. The van der Waals surface area contributed by atoms with Crippen molar-refractivity contribution in [2.45, 2.75) is 46.1 Å². The lowest BCUT2D eigenvalue weighted by atomic mass is 9.78. The molecule has 2 N–H and O–H groups in total. The number of allylic oxidation sites excluding steroid dienone is 2. The third-order valence-electron chi connectivity index (χ3n) is 4.94. The molecular formula is C18H23N5O. The Hall–Kier alpha value is -2.55. The summed E-state index contributed by atoms with van der Waals surface area (Å²) in [4.78, 5) is 8.84. The average Bonchev–Trinajstić information content (AvgIpc) is 2.99. The van der Waals surface area contributed by atoms with Gasteiger partial charge in [0.05, 0.1) is 11.4 Å². The Balaban J connectivity index is 1.81. The van der Waals surface area contributed by atoms with E-state index < -0.39 is 0 Å². The highest BCUT2D eigenvalue weighted by molar-refractivity contribution is 5.76. The van der Waals surface area contributed by atoms with E-state index in [1.807, 2.05) is 6.92 Å². The number of anilines is 1. The highest BCUT2D eigenvalue weighted by Gasteiger charge is 2.27. The Kier molecular flexibility index (Phi) is 4.70. The molecule has 126 valence electrons. The molecule has 0 radical (unpaired) electrons. The van der Waals surface area contributed by atoms with Crippen molar-refractivity contribution in [3.8, 4) is 6.07 Å². The smallest absolute Gasteiger partial charge is 0.223 e. The molecule has 1 aliphatic heterocycles. The van der Waals surface area contributed by atoms with Crippen molar-refractivity contribution in [1.82, 2.24) is 15.3 Å². The molecule has 2 heterocycles. The minimum Gasteiger partial charge on any atom is -0.445 e. The molecule has 3 atom stereocenters. The van der Waals surface area contributed by atoms with Crippen LogP contribution in [-0.2, 0) is 4.74 Å². The fourth-order valence-electron chi connectivity index (χ4n) is 3.25. The molecule has 1 aliphatic carbocycles. The number of aromatic nitrogens is 2. The molecule has 0 aromatic carbocycles. The second kappa shape index (κ2) is 6.91. The quantitative estimate of drug-likeness (QED) is 0.829. The van der Waals surface area contributed by atoms with Crippen LogP contribution in [0.4, 0.5) is 5.95 Å². The standard InChI is InChI=1S/C18H23N5O/c1-11-5-4-6-15(13(11)3)22-18-20-8-7-16(23-18)14(9-19)17-21-12(2)10-24-17/h7-8,10-11,13,15,21H,4-6H2,1-3H3,(H,20,22,23)/b17-14-. The molecule has 1 fully saturated rings. The van der Waals surface area contributed by atoms with Gasteiger partial charge in [-0.1, -0.05) is 26.7 Å². The summed E-state index contributed by atoms with van der Waals surface area (Å²) >= 11 is 0. The van der Waals surface area contributed by atoms with Gasteiger partial charge in [-0.25, -0.2) is 9.97 Å². The number of nitrogens with one attached hydrogen (secondary N) is 2. The molecule has 1 saturated carbocycles. The van der Waals surface area contributed by atoms with Crippen molar-refractivity contribution in [1.29, 1.82) is 5.26 Å². The van der Waals surface area contributed by atoms with Crippen LogP contribution in [-0.4, -0.2) is 16.0 Å². The van der Waals surface area contributed by atoms with E-state index in [1.165, 1.54) is 12.8 Å². The van der Waals surface area contributed by atoms with Crippen LogP contribution in [0.25, 0.3) is 5.57 Å². The second-order valence-corrected chi connectivity index (χ2v) is 6.64. The molecule has 1 aromatic rings. The third kappa shape index (κ3) is 3.35. The van der Waals surface area contributed by atoms with Crippen molar-refractivity contribution < 1.29 is 4.74 Å². The van der Waals surface area contributed by atoms with Crippen LogP contribution in [0.3, 0.4) is 0 Å².